The molecule has 0 aromatic carbocycles. The molecule has 15 heavy (non-hydrogen) atoms. The third kappa shape index (κ3) is 2.40. The number of aromatic nitrogens is 2. The van der Waals surface area contributed by atoms with E-state index in [1.54, 1.807) is 0 Å². The first kappa shape index (κ1) is 10.7. The molecule has 1 aromatic rings. The Morgan fingerprint density at radius 1 is 1.47 bits per heavy atom. The van der Waals surface area contributed by atoms with E-state index in [-0.39, 0.29) is 0 Å². The van der Waals surface area contributed by atoms with Gasteiger partial charge < -0.3 is 5.32 Å². The molecule has 0 amide bonds. The predicted octanol–water partition coefficient (Wildman–Crippen LogP) is 2.07. The molecule has 1 heterocycles. The maximum absolute atomic E-state index is 4.63. The van der Waals surface area contributed by atoms with Gasteiger partial charge in [0.15, 0.2) is 0 Å². The highest BCUT2D eigenvalue weighted by Crippen LogP contribution is 2.29. The number of likely N-dealkylation sites (N-methyl/N-ethyl adjacent to an activating group) is 1. The average molecular weight is 207 g/mol. The molecule has 0 unspecified atom stereocenters. The van der Waals surface area contributed by atoms with Crippen LogP contribution >= 0.6 is 0 Å². The smallest absolute Gasteiger partial charge is 0.0626 e. The van der Waals surface area contributed by atoms with Gasteiger partial charge in [0.05, 0.1) is 11.7 Å². The van der Waals surface area contributed by atoms with E-state index in [1.165, 1.54) is 36.9 Å². The largest absolute Gasteiger partial charge is 0.319 e. The lowest BCUT2D eigenvalue weighted by Crippen LogP contribution is -2.10. The molecule has 0 atom stereocenters. The summed E-state index contributed by atoms with van der Waals surface area (Å²) < 4.78 is 2.20. The van der Waals surface area contributed by atoms with Gasteiger partial charge in [0.25, 0.3) is 0 Å². The van der Waals surface area contributed by atoms with Crippen molar-refractivity contribution < 1.29 is 0 Å². The minimum absolute atomic E-state index is 0.673. The summed E-state index contributed by atoms with van der Waals surface area (Å²) >= 11 is 0. The first-order chi connectivity index (χ1) is 7.31. The van der Waals surface area contributed by atoms with Crippen molar-refractivity contribution in [1.29, 1.82) is 0 Å². The second-order valence-corrected chi connectivity index (χ2v) is 4.51. The van der Waals surface area contributed by atoms with Crippen molar-refractivity contribution in [2.75, 3.05) is 13.6 Å². The monoisotopic (exact) mass is 207 g/mol. The summed E-state index contributed by atoms with van der Waals surface area (Å²) in [6.45, 7) is 3.16. The van der Waals surface area contributed by atoms with E-state index in [9.17, 15) is 0 Å². The van der Waals surface area contributed by atoms with Gasteiger partial charge in [-0.1, -0.05) is 12.8 Å². The van der Waals surface area contributed by atoms with Crippen molar-refractivity contribution in [1.82, 2.24) is 15.1 Å². The highest BCUT2D eigenvalue weighted by atomic mass is 15.3. The van der Waals surface area contributed by atoms with E-state index in [1.807, 2.05) is 7.05 Å². The Bertz CT molecular complexity index is 311. The van der Waals surface area contributed by atoms with Gasteiger partial charge in [-0.05, 0) is 45.3 Å². The molecule has 1 saturated carbocycles. The topological polar surface area (TPSA) is 29.9 Å². The third-order valence-electron chi connectivity index (χ3n) is 3.36. The van der Waals surface area contributed by atoms with Gasteiger partial charge in [0.2, 0.25) is 0 Å². The summed E-state index contributed by atoms with van der Waals surface area (Å²) in [6.07, 6.45) is 8.71. The van der Waals surface area contributed by atoms with Gasteiger partial charge in [-0.15, -0.1) is 0 Å². The molecule has 84 valence electrons. The molecule has 1 aromatic heterocycles. The van der Waals surface area contributed by atoms with Crippen molar-refractivity contribution in [3.05, 3.63) is 17.5 Å². The highest BCUT2D eigenvalue weighted by molar-refractivity contribution is 5.16. The highest BCUT2D eigenvalue weighted by Gasteiger charge is 2.18. The Hall–Kier alpha value is -0.830. The predicted molar refractivity (Wildman–Crippen MR) is 62.1 cm³/mol. The quantitative estimate of drug-likeness (QED) is 0.819. The Balaban J connectivity index is 2.06. The molecule has 0 radical (unpaired) electrons. The molecular weight excluding hydrogens is 186 g/mol. The van der Waals surface area contributed by atoms with Crippen LogP contribution in [0.15, 0.2) is 6.20 Å². The Morgan fingerprint density at radius 2 is 2.20 bits per heavy atom. The van der Waals surface area contributed by atoms with E-state index in [4.69, 9.17) is 0 Å². The van der Waals surface area contributed by atoms with Gasteiger partial charge in [0, 0.05) is 6.20 Å². The fourth-order valence-electron chi connectivity index (χ4n) is 2.38. The molecule has 1 aliphatic carbocycles. The van der Waals surface area contributed by atoms with Crippen molar-refractivity contribution in [2.45, 2.75) is 45.1 Å². The fraction of sp³-hybridized carbons (Fsp3) is 0.750. The Morgan fingerprint density at radius 3 is 2.87 bits per heavy atom. The van der Waals surface area contributed by atoms with Crippen LogP contribution in [0.25, 0.3) is 0 Å². The van der Waals surface area contributed by atoms with E-state index in [0.29, 0.717) is 6.04 Å². The summed E-state index contributed by atoms with van der Waals surface area (Å²) in [5.74, 6) is 0. The molecule has 1 N–H and O–H groups in total. The van der Waals surface area contributed by atoms with Gasteiger partial charge >= 0.3 is 0 Å². The molecule has 3 heteroatoms. The van der Waals surface area contributed by atoms with Crippen LogP contribution in [0.4, 0.5) is 0 Å². The van der Waals surface area contributed by atoms with E-state index < -0.39 is 0 Å². The zero-order valence-corrected chi connectivity index (χ0v) is 9.79. The summed E-state index contributed by atoms with van der Waals surface area (Å²) in [7, 11) is 2.00. The number of hydrogen-bond acceptors (Lipinski definition) is 2. The van der Waals surface area contributed by atoms with Crippen LogP contribution in [0.2, 0.25) is 0 Å². The summed E-state index contributed by atoms with van der Waals surface area (Å²) in [5, 5.41) is 7.82. The van der Waals surface area contributed by atoms with Crippen molar-refractivity contribution >= 4 is 0 Å². The molecule has 2 rings (SSSR count). The van der Waals surface area contributed by atoms with Crippen LogP contribution in [0.5, 0.6) is 0 Å². The van der Waals surface area contributed by atoms with Crippen LogP contribution in [-0.2, 0) is 6.42 Å². The number of nitrogens with zero attached hydrogens (tertiary/aromatic N) is 2. The molecule has 0 bridgehead atoms. The van der Waals surface area contributed by atoms with E-state index in [2.05, 4.69) is 28.2 Å². The summed E-state index contributed by atoms with van der Waals surface area (Å²) in [5.41, 5.74) is 2.61. The Labute approximate surface area is 91.9 Å². The lowest BCUT2D eigenvalue weighted by molar-refractivity contribution is 0.464. The van der Waals surface area contributed by atoms with E-state index >= 15 is 0 Å². The number of rotatable bonds is 4. The maximum Gasteiger partial charge on any atom is 0.0626 e. The van der Waals surface area contributed by atoms with Gasteiger partial charge in [-0.25, -0.2) is 0 Å². The maximum atomic E-state index is 4.63. The zero-order chi connectivity index (χ0) is 10.7. The van der Waals surface area contributed by atoms with Crippen molar-refractivity contribution in [3.63, 3.8) is 0 Å². The van der Waals surface area contributed by atoms with Crippen molar-refractivity contribution in [3.8, 4) is 0 Å². The minimum Gasteiger partial charge on any atom is -0.319 e. The van der Waals surface area contributed by atoms with Crippen LogP contribution in [0.1, 0.15) is 43.0 Å². The fourth-order valence-corrected chi connectivity index (χ4v) is 2.38. The van der Waals surface area contributed by atoms with Gasteiger partial charge in [-0.2, -0.15) is 5.10 Å². The standard InChI is InChI=1S/C12H21N3/c1-10-11(7-8-13-2)9-15(14-10)12-5-3-4-6-12/h9,12-13H,3-8H2,1-2H3. The molecule has 0 saturated heterocycles. The molecule has 1 aliphatic rings. The molecule has 0 spiro atoms. The van der Waals surface area contributed by atoms with Crippen LogP contribution < -0.4 is 5.32 Å². The van der Waals surface area contributed by atoms with Gasteiger partial charge in [-0.3, -0.25) is 4.68 Å². The normalized spacial score (nSPS) is 17.5. The summed E-state index contributed by atoms with van der Waals surface area (Å²) in [4.78, 5) is 0. The number of nitrogens with one attached hydrogen (secondary N) is 1. The van der Waals surface area contributed by atoms with Crippen LogP contribution in [-0.4, -0.2) is 23.4 Å². The number of aryl methyl sites for hydroxylation is 1. The summed E-state index contributed by atoms with van der Waals surface area (Å²) in [6, 6.07) is 0.673. The number of hydrogen-bond donors (Lipinski definition) is 1. The average Bonchev–Trinajstić information content (AvgIpc) is 2.83. The lowest BCUT2D eigenvalue weighted by Gasteiger charge is -2.08. The zero-order valence-electron chi connectivity index (χ0n) is 9.79. The Kier molecular flexibility index (Phi) is 3.41. The SMILES string of the molecule is CNCCc1cn(C2CCCC2)nc1C. The van der Waals surface area contributed by atoms with Crippen LogP contribution in [0, 0.1) is 6.92 Å². The lowest BCUT2D eigenvalue weighted by atomic mass is 10.2. The molecule has 3 nitrogen and oxygen atoms in total. The third-order valence-corrected chi connectivity index (χ3v) is 3.36. The first-order valence-electron chi connectivity index (χ1n) is 6.00. The van der Waals surface area contributed by atoms with Gasteiger partial charge in [0.1, 0.15) is 0 Å². The second-order valence-electron chi connectivity index (χ2n) is 4.51. The molecule has 1 fully saturated rings. The molecular formula is C12H21N3. The minimum atomic E-state index is 0.673. The molecule has 0 aliphatic heterocycles. The van der Waals surface area contributed by atoms with Crippen LogP contribution in [0.3, 0.4) is 0 Å². The van der Waals surface area contributed by atoms with Crippen molar-refractivity contribution in [2.24, 2.45) is 0 Å². The van der Waals surface area contributed by atoms with E-state index in [0.717, 1.165) is 13.0 Å². The second kappa shape index (κ2) is 4.79. The first-order valence-corrected chi connectivity index (χ1v) is 6.00.